The molecule has 0 aromatic rings. The highest BCUT2D eigenvalue weighted by Gasteiger charge is 2.23. The number of nitrogens with zero attached hydrogens (tertiary/aromatic N) is 2. The minimum absolute atomic E-state index is 0.0852. The maximum Gasteiger partial charge on any atom is 0.248 e. The lowest BCUT2D eigenvalue weighted by Crippen LogP contribution is -2.45. The minimum atomic E-state index is 0.0852. The Morgan fingerprint density at radius 1 is 1.50 bits per heavy atom. The number of ether oxygens (including phenoxy) is 1. The predicted octanol–water partition coefficient (Wildman–Crippen LogP) is 0.185. The molecule has 1 rings (SSSR count). The van der Waals surface area contributed by atoms with Crippen molar-refractivity contribution in [3.63, 3.8) is 0 Å². The number of likely N-dealkylation sites (N-methyl/N-ethyl adjacent to an activating group) is 1. The molecule has 1 heterocycles. The van der Waals surface area contributed by atoms with Gasteiger partial charge in [-0.05, 0) is 33.0 Å². The second kappa shape index (κ2) is 5.32. The fourth-order valence-electron chi connectivity index (χ4n) is 1.81. The van der Waals surface area contributed by atoms with Gasteiger partial charge in [0.25, 0.3) is 0 Å². The number of likely N-dealkylation sites (tertiary alicyclic amines) is 1. The second-order valence-electron chi connectivity index (χ2n) is 3.97. The van der Waals surface area contributed by atoms with Gasteiger partial charge in [-0.1, -0.05) is 0 Å². The Morgan fingerprint density at radius 2 is 2.07 bits per heavy atom. The van der Waals surface area contributed by atoms with Gasteiger partial charge in [0, 0.05) is 20.2 Å². The highest BCUT2D eigenvalue weighted by atomic mass is 16.5. The molecular weight excluding hydrogens is 180 g/mol. The summed E-state index contributed by atoms with van der Waals surface area (Å²) >= 11 is 0. The summed E-state index contributed by atoms with van der Waals surface area (Å²) in [5.41, 5.74) is 0. The third-order valence-electron chi connectivity index (χ3n) is 2.90. The fourth-order valence-corrected chi connectivity index (χ4v) is 1.81. The smallest absolute Gasteiger partial charge is 0.248 e. The van der Waals surface area contributed by atoms with Crippen LogP contribution in [0.3, 0.4) is 0 Å². The zero-order chi connectivity index (χ0) is 10.6. The monoisotopic (exact) mass is 200 g/mol. The van der Waals surface area contributed by atoms with E-state index in [1.165, 1.54) is 0 Å². The molecule has 14 heavy (non-hydrogen) atoms. The molecule has 0 unspecified atom stereocenters. The second-order valence-corrected chi connectivity index (χ2v) is 3.97. The number of carbonyl (C=O) groups excluding carboxylic acids is 1. The van der Waals surface area contributed by atoms with Crippen LogP contribution in [0.2, 0.25) is 0 Å². The van der Waals surface area contributed by atoms with Gasteiger partial charge < -0.3 is 14.5 Å². The van der Waals surface area contributed by atoms with E-state index >= 15 is 0 Å². The first-order chi connectivity index (χ1) is 6.65. The number of amides is 1. The van der Waals surface area contributed by atoms with Crippen molar-refractivity contribution in [3.05, 3.63) is 0 Å². The predicted molar refractivity (Wildman–Crippen MR) is 55.2 cm³/mol. The van der Waals surface area contributed by atoms with E-state index in [0.717, 1.165) is 25.9 Å². The minimum Gasteiger partial charge on any atom is -0.375 e. The number of piperidine rings is 1. The molecule has 0 bridgehead atoms. The van der Waals surface area contributed by atoms with E-state index in [4.69, 9.17) is 4.74 Å². The summed E-state index contributed by atoms with van der Waals surface area (Å²) in [4.78, 5) is 15.6. The number of hydrogen-bond acceptors (Lipinski definition) is 3. The third-order valence-corrected chi connectivity index (χ3v) is 2.90. The third kappa shape index (κ3) is 2.96. The van der Waals surface area contributed by atoms with Crippen LogP contribution in [0.5, 0.6) is 0 Å². The van der Waals surface area contributed by atoms with Crippen molar-refractivity contribution in [1.82, 2.24) is 9.80 Å². The summed E-state index contributed by atoms with van der Waals surface area (Å²) in [6, 6.07) is 0.397. The SMILES string of the molecule is COCC(=O)N(C)C1CCN(C)CC1. The van der Waals surface area contributed by atoms with E-state index in [1.807, 2.05) is 11.9 Å². The lowest BCUT2D eigenvalue weighted by atomic mass is 10.0. The normalized spacial score (nSPS) is 19.6. The lowest BCUT2D eigenvalue weighted by Gasteiger charge is -2.35. The van der Waals surface area contributed by atoms with Crippen LogP contribution in [0.4, 0.5) is 0 Å². The first kappa shape index (κ1) is 11.5. The largest absolute Gasteiger partial charge is 0.375 e. The van der Waals surface area contributed by atoms with E-state index in [9.17, 15) is 4.79 Å². The molecule has 0 N–H and O–H groups in total. The molecule has 0 spiro atoms. The standard InChI is InChI=1S/C10H20N2O2/c1-11-6-4-9(5-7-11)12(2)10(13)8-14-3/h9H,4-8H2,1-3H3. The van der Waals surface area contributed by atoms with E-state index in [0.29, 0.717) is 6.04 Å². The summed E-state index contributed by atoms with van der Waals surface area (Å²) in [5.74, 6) is 0.0852. The molecule has 1 fully saturated rings. The molecule has 1 aliphatic heterocycles. The van der Waals surface area contributed by atoms with Crippen molar-refractivity contribution >= 4 is 5.91 Å². The zero-order valence-corrected chi connectivity index (χ0v) is 9.32. The Hall–Kier alpha value is -0.610. The van der Waals surface area contributed by atoms with Crippen LogP contribution in [-0.2, 0) is 9.53 Å². The van der Waals surface area contributed by atoms with Gasteiger partial charge in [-0.25, -0.2) is 0 Å². The molecule has 0 aromatic heterocycles. The summed E-state index contributed by atoms with van der Waals surface area (Å²) < 4.78 is 4.84. The molecule has 1 aliphatic rings. The van der Waals surface area contributed by atoms with Crippen molar-refractivity contribution in [3.8, 4) is 0 Å². The number of rotatable bonds is 3. The van der Waals surface area contributed by atoms with Crippen LogP contribution in [-0.4, -0.2) is 62.7 Å². The Morgan fingerprint density at radius 3 is 2.57 bits per heavy atom. The van der Waals surface area contributed by atoms with Crippen LogP contribution >= 0.6 is 0 Å². The maximum absolute atomic E-state index is 11.5. The lowest BCUT2D eigenvalue weighted by molar-refractivity contribution is -0.136. The quantitative estimate of drug-likeness (QED) is 0.652. The van der Waals surface area contributed by atoms with Gasteiger partial charge in [0.1, 0.15) is 6.61 Å². The summed E-state index contributed by atoms with van der Waals surface area (Å²) in [6.45, 7) is 2.35. The molecule has 82 valence electrons. The topological polar surface area (TPSA) is 32.8 Å². The first-order valence-corrected chi connectivity index (χ1v) is 5.08. The van der Waals surface area contributed by atoms with Crippen molar-refractivity contribution in [2.45, 2.75) is 18.9 Å². The highest BCUT2D eigenvalue weighted by Crippen LogP contribution is 2.13. The van der Waals surface area contributed by atoms with E-state index in [2.05, 4.69) is 11.9 Å². The van der Waals surface area contributed by atoms with Crippen LogP contribution in [0, 0.1) is 0 Å². The van der Waals surface area contributed by atoms with E-state index in [1.54, 1.807) is 7.11 Å². The Bertz CT molecular complexity index is 189. The zero-order valence-electron chi connectivity index (χ0n) is 9.32. The van der Waals surface area contributed by atoms with Crippen LogP contribution in [0.15, 0.2) is 0 Å². The van der Waals surface area contributed by atoms with Crippen molar-refractivity contribution in [2.24, 2.45) is 0 Å². The number of methoxy groups -OCH3 is 1. The Balaban J connectivity index is 2.37. The Kier molecular flexibility index (Phi) is 4.35. The highest BCUT2D eigenvalue weighted by molar-refractivity contribution is 5.77. The molecule has 0 atom stereocenters. The van der Waals surface area contributed by atoms with Gasteiger partial charge in [-0.2, -0.15) is 0 Å². The van der Waals surface area contributed by atoms with Crippen molar-refractivity contribution < 1.29 is 9.53 Å². The summed E-state index contributed by atoms with van der Waals surface area (Å²) in [7, 11) is 5.55. The van der Waals surface area contributed by atoms with E-state index in [-0.39, 0.29) is 12.5 Å². The Labute approximate surface area is 85.8 Å². The number of hydrogen-bond donors (Lipinski definition) is 0. The molecule has 4 heteroatoms. The first-order valence-electron chi connectivity index (χ1n) is 5.08. The van der Waals surface area contributed by atoms with Crippen LogP contribution in [0.1, 0.15) is 12.8 Å². The van der Waals surface area contributed by atoms with Crippen molar-refractivity contribution in [2.75, 3.05) is 40.9 Å². The maximum atomic E-state index is 11.5. The molecule has 0 aromatic carbocycles. The van der Waals surface area contributed by atoms with Gasteiger partial charge in [0.2, 0.25) is 5.91 Å². The molecule has 1 saturated heterocycles. The summed E-state index contributed by atoms with van der Waals surface area (Å²) in [5, 5.41) is 0. The fraction of sp³-hybridized carbons (Fsp3) is 0.900. The van der Waals surface area contributed by atoms with Crippen LogP contribution < -0.4 is 0 Å². The van der Waals surface area contributed by atoms with Crippen molar-refractivity contribution in [1.29, 1.82) is 0 Å². The molecule has 0 aliphatic carbocycles. The van der Waals surface area contributed by atoms with Gasteiger partial charge >= 0.3 is 0 Å². The van der Waals surface area contributed by atoms with Gasteiger partial charge in [-0.15, -0.1) is 0 Å². The van der Waals surface area contributed by atoms with Gasteiger partial charge in [-0.3, -0.25) is 4.79 Å². The molecule has 4 nitrogen and oxygen atoms in total. The summed E-state index contributed by atoms with van der Waals surface area (Å²) in [6.07, 6.45) is 2.14. The molecule has 0 saturated carbocycles. The average molecular weight is 200 g/mol. The number of carbonyl (C=O) groups is 1. The van der Waals surface area contributed by atoms with Gasteiger partial charge in [0.05, 0.1) is 0 Å². The van der Waals surface area contributed by atoms with Crippen LogP contribution in [0.25, 0.3) is 0 Å². The average Bonchev–Trinajstić information content (AvgIpc) is 2.18. The molecule has 1 amide bonds. The molecular formula is C10H20N2O2. The van der Waals surface area contributed by atoms with Gasteiger partial charge in [0.15, 0.2) is 0 Å². The molecule has 0 radical (unpaired) electrons. The van der Waals surface area contributed by atoms with E-state index < -0.39 is 0 Å².